The van der Waals surface area contributed by atoms with Crippen molar-refractivity contribution >= 4 is 29.3 Å². The van der Waals surface area contributed by atoms with Gasteiger partial charge in [-0.3, -0.25) is 0 Å². The van der Waals surface area contributed by atoms with Crippen LogP contribution in [0.2, 0.25) is 0 Å². The molecule has 0 aliphatic rings. The van der Waals surface area contributed by atoms with Crippen LogP contribution in [0.5, 0.6) is 0 Å². The Morgan fingerprint density at radius 2 is 2.50 bits per heavy atom. The Hall–Kier alpha value is -0.530. The Morgan fingerprint density at radius 3 is 3.17 bits per heavy atom. The van der Waals surface area contributed by atoms with E-state index in [9.17, 15) is 0 Å². The zero-order valence-corrected chi connectivity index (χ0v) is 7.88. The first-order valence-electron chi connectivity index (χ1n) is 3.32. The number of hydrogen-bond acceptors (Lipinski definition) is 6. The Morgan fingerprint density at radius 1 is 1.67 bits per heavy atom. The van der Waals surface area contributed by atoms with Crippen molar-refractivity contribution < 1.29 is 5.11 Å². The van der Waals surface area contributed by atoms with Crippen molar-refractivity contribution in [2.45, 2.75) is 11.7 Å². The summed E-state index contributed by atoms with van der Waals surface area (Å²) in [5, 5.41) is 21.9. The molecule has 0 unspecified atom stereocenters. The maximum absolute atomic E-state index is 8.63. The first-order chi connectivity index (χ1) is 5.88. The molecule has 1 heterocycles. The molecule has 1 N–H and O–H groups in total. The van der Waals surface area contributed by atoms with Crippen LogP contribution < -0.4 is 0 Å². The summed E-state index contributed by atoms with van der Waals surface area (Å²) in [6, 6.07) is 0. The van der Waals surface area contributed by atoms with Gasteiger partial charge < -0.3 is 5.11 Å². The highest BCUT2D eigenvalue weighted by molar-refractivity contribution is 8.00. The van der Waals surface area contributed by atoms with E-state index < -0.39 is 0 Å². The monoisotopic (exact) mass is 204 g/mol. The predicted octanol–water partition coefficient (Wildman–Crippen LogP) is -0.243. The zero-order chi connectivity index (χ0) is 8.81. The minimum atomic E-state index is 0.0379. The molecule has 1 aromatic heterocycles. The van der Waals surface area contributed by atoms with Crippen LogP contribution in [0.1, 0.15) is 0 Å². The van der Waals surface area contributed by atoms with E-state index in [1.54, 1.807) is 10.0 Å². The highest BCUT2D eigenvalue weighted by Gasteiger charge is 2.03. The quantitative estimate of drug-likeness (QED) is 0.527. The molecule has 0 spiro atoms. The lowest BCUT2D eigenvalue weighted by atomic mass is 10.7. The third-order valence-electron chi connectivity index (χ3n) is 1.09. The fourth-order valence-electron chi connectivity index (χ4n) is 0.643. The molecule has 0 radical (unpaired) electrons. The molecule has 1 aromatic rings. The number of thioether (sulfide) groups is 1. The first-order valence-corrected chi connectivity index (χ1v) is 4.77. The number of aromatic nitrogens is 4. The average Bonchev–Trinajstić information content (AvgIpc) is 2.50. The Kier molecular flexibility index (Phi) is 4.12. The SMILES string of the molecule is OCCn1nnnc1SCC=S. The van der Waals surface area contributed by atoms with Crippen LogP contribution >= 0.6 is 24.0 Å². The smallest absolute Gasteiger partial charge is 0.209 e. The van der Waals surface area contributed by atoms with Gasteiger partial charge in [-0.25, -0.2) is 4.68 Å². The Bertz CT molecular complexity index is 251. The van der Waals surface area contributed by atoms with E-state index in [1.807, 2.05) is 0 Å². The molecule has 12 heavy (non-hydrogen) atoms. The number of aliphatic hydroxyl groups excluding tert-OH is 1. The van der Waals surface area contributed by atoms with E-state index in [4.69, 9.17) is 5.11 Å². The maximum atomic E-state index is 8.63. The molecule has 1 rings (SSSR count). The number of thiocarbonyl (C=S) groups is 1. The highest BCUT2D eigenvalue weighted by Crippen LogP contribution is 2.11. The summed E-state index contributed by atoms with van der Waals surface area (Å²) in [6.07, 6.45) is 0. The van der Waals surface area contributed by atoms with Gasteiger partial charge in [-0.2, -0.15) is 0 Å². The van der Waals surface area contributed by atoms with E-state index in [1.165, 1.54) is 11.8 Å². The van der Waals surface area contributed by atoms with Crippen molar-refractivity contribution in [2.75, 3.05) is 12.4 Å². The van der Waals surface area contributed by atoms with Crippen molar-refractivity contribution in [3.8, 4) is 0 Å². The van der Waals surface area contributed by atoms with E-state index in [-0.39, 0.29) is 6.61 Å². The number of aliphatic hydroxyl groups is 1. The number of tetrazole rings is 1. The van der Waals surface area contributed by atoms with E-state index in [0.29, 0.717) is 17.5 Å². The first kappa shape index (κ1) is 9.56. The van der Waals surface area contributed by atoms with E-state index >= 15 is 0 Å². The van der Waals surface area contributed by atoms with Crippen LogP contribution in [0.25, 0.3) is 0 Å². The molecule has 0 atom stereocenters. The van der Waals surface area contributed by atoms with Gasteiger partial charge in [-0.1, -0.05) is 24.0 Å². The van der Waals surface area contributed by atoms with Crippen LogP contribution in [-0.4, -0.2) is 43.0 Å². The molecule has 0 bridgehead atoms. The van der Waals surface area contributed by atoms with Crippen LogP contribution in [0.4, 0.5) is 0 Å². The summed E-state index contributed by atoms with van der Waals surface area (Å²) in [7, 11) is 0. The molecule has 0 fully saturated rings. The number of nitrogens with zero attached hydrogens (tertiary/aromatic N) is 4. The number of rotatable bonds is 5. The number of hydrogen-bond donors (Lipinski definition) is 1. The molecule has 0 aliphatic carbocycles. The van der Waals surface area contributed by atoms with Crippen molar-refractivity contribution in [3.05, 3.63) is 0 Å². The third-order valence-corrected chi connectivity index (χ3v) is 2.35. The molecule has 5 nitrogen and oxygen atoms in total. The summed E-state index contributed by atoms with van der Waals surface area (Å²) < 4.78 is 1.55. The van der Waals surface area contributed by atoms with Crippen LogP contribution in [0.15, 0.2) is 5.16 Å². The molecule has 0 aromatic carbocycles. The van der Waals surface area contributed by atoms with Crippen molar-refractivity contribution in [1.82, 2.24) is 20.2 Å². The summed E-state index contributed by atoms with van der Waals surface area (Å²) in [5.41, 5.74) is 0. The summed E-state index contributed by atoms with van der Waals surface area (Å²) in [4.78, 5) is 0. The van der Waals surface area contributed by atoms with Gasteiger partial charge in [0.1, 0.15) is 0 Å². The van der Waals surface area contributed by atoms with E-state index in [2.05, 4.69) is 27.7 Å². The van der Waals surface area contributed by atoms with Gasteiger partial charge in [-0.05, 0) is 15.8 Å². The van der Waals surface area contributed by atoms with Crippen molar-refractivity contribution in [2.24, 2.45) is 0 Å². The lowest BCUT2D eigenvalue weighted by molar-refractivity contribution is 0.262. The van der Waals surface area contributed by atoms with Gasteiger partial charge >= 0.3 is 0 Å². The van der Waals surface area contributed by atoms with Gasteiger partial charge in [0.25, 0.3) is 0 Å². The largest absolute Gasteiger partial charge is 0.394 e. The molecule has 0 aliphatic heterocycles. The minimum absolute atomic E-state index is 0.0379. The fourth-order valence-corrected chi connectivity index (χ4v) is 1.44. The second-order valence-corrected chi connectivity index (χ2v) is 3.21. The molecule has 0 saturated carbocycles. The van der Waals surface area contributed by atoms with Gasteiger partial charge in [0.05, 0.1) is 13.2 Å². The fraction of sp³-hybridized carbons (Fsp3) is 0.600. The van der Waals surface area contributed by atoms with Gasteiger partial charge in [0.15, 0.2) is 0 Å². The van der Waals surface area contributed by atoms with Crippen molar-refractivity contribution in [3.63, 3.8) is 0 Å². The summed E-state index contributed by atoms with van der Waals surface area (Å²) in [5.74, 6) is 0.696. The average molecular weight is 204 g/mol. The normalized spacial score (nSPS) is 10.1. The van der Waals surface area contributed by atoms with Gasteiger partial charge in [-0.15, -0.1) is 5.10 Å². The lowest BCUT2D eigenvalue weighted by Gasteiger charge is -1.98. The molecule has 0 saturated heterocycles. The molecular formula is C5H8N4OS2. The Labute approximate surface area is 79.2 Å². The topological polar surface area (TPSA) is 63.8 Å². The van der Waals surface area contributed by atoms with Crippen molar-refractivity contribution in [1.29, 1.82) is 0 Å². The van der Waals surface area contributed by atoms with Gasteiger partial charge in [0, 0.05) is 5.75 Å². The second-order valence-electron chi connectivity index (χ2n) is 1.89. The zero-order valence-electron chi connectivity index (χ0n) is 6.25. The standard InChI is InChI=1S/C5H8N4OS2/c10-2-1-9-5(6-7-8-9)12-4-3-11/h3,10H,1-2,4H2. The summed E-state index contributed by atoms with van der Waals surface area (Å²) >= 11 is 6.11. The lowest BCUT2D eigenvalue weighted by Crippen LogP contribution is -2.05. The van der Waals surface area contributed by atoms with Crippen LogP contribution in [0.3, 0.4) is 0 Å². The highest BCUT2D eigenvalue weighted by atomic mass is 32.2. The van der Waals surface area contributed by atoms with E-state index in [0.717, 1.165) is 0 Å². The van der Waals surface area contributed by atoms with Crippen LogP contribution in [-0.2, 0) is 6.54 Å². The van der Waals surface area contributed by atoms with Gasteiger partial charge in [0.2, 0.25) is 5.16 Å². The van der Waals surface area contributed by atoms with Crippen LogP contribution in [0, 0.1) is 0 Å². The predicted molar refractivity (Wildman–Crippen MR) is 49.3 cm³/mol. The summed E-state index contributed by atoms with van der Waals surface area (Å²) in [6.45, 7) is 0.461. The molecule has 0 amide bonds. The third kappa shape index (κ3) is 2.50. The Balaban J connectivity index is 2.56. The second kappa shape index (κ2) is 5.18. The molecule has 66 valence electrons. The molecule has 7 heteroatoms. The molecular weight excluding hydrogens is 196 g/mol. The minimum Gasteiger partial charge on any atom is -0.394 e. The maximum Gasteiger partial charge on any atom is 0.209 e.